The highest BCUT2D eigenvalue weighted by Gasteiger charge is 2.14. The van der Waals surface area contributed by atoms with E-state index in [1.807, 2.05) is 0 Å². The highest BCUT2D eigenvalue weighted by molar-refractivity contribution is 7.70. The van der Waals surface area contributed by atoms with Gasteiger partial charge in [-0.2, -0.15) is 0 Å². The largest absolute Gasteiger partial charge is 0.273 e. The first kappa shape index (κ1) is 11.6. The number of halogens is 1. The van der Waals surface area contributed by atoms with Crippen molar-refractivity contribution in [2.24, 2.45) is 5.92 Å². The number of hydrogen-bond acceptors (Lipinski definition) is 1. The van der Waals surface area contributed by atoms with E-state index in [-0.39, 0.29) is 0 Å². The highest BCUT2D eigenvalue weighted by atomic mass is 35.5. The van der Waals surface area contributed by atoms with Crippen LogP contribution in [0.4, 0.5) is 0 Å². The zero-order valence-electron chi connectivity index (χ0n) is 7.97. The van der Waals surface area contributed by atoms with E-state index in [0.717, 1.165) is 5.92 Å². The quantitative estimate of drug-likeness (QED) is 0.379. The molecule has 0 radical (unpaired) electrons. The average Bonchev–Trinajstić information content (AvgIpc) is 1.83. The molecule has 0 aromatic heterocycles. The van der Waals surface area contributed by atoms with Crippen molar-refractivity contribution in [1.82, 2.24) is 4.67 Å². The second-order valence-corrected chi connectivity index (χ2v) is 7.66. The van der Waals surface area contributed by atoms with Crippen LogP contribution in [0, 0.1) is 5.92 Å². The van der Waals surface area contributed by atoms with Crippen molar-refractivity contribution in [2.75, 3.05) is 25.9 Å². The average molecular weight is 196 g/mol. The Balaban J connectivity index is 4.10. The van der Waals surface area contributed by atoms with Crippen molar-refractivity contribution < 1.29 is 0 Å². The summed E-state index contributed by atoms with van der Waals surface area (Å²) in [7, 11) is 0.913. The molecule has 0 aliphatic rings. The molecule has 0 bridgehead atoms. The van der Waals surface area contributed by atoms with Gasteiger partial charge in [0.2, 0.25) is 0 Å². The molecule has 0 aromatic carbocycles. The summed E-state index contributed by atoms with van der Waals surface area (Å²) in [4.78, 5) is 0. The topological polar surface area (TPSA) is 3.24 Å². The van der Waals surface area contributed by atoms with Crippen LogP contribution in [0.15, 0.2) is 0 Å². The molecule has 1 nitrogen and oxygen atoms in total. The Bertz CT molecular complexity index is 156. The zero-order chi connectivity index (χ0) is 9.07. The maximum absolute atomic E-state index is 5.73. The Morgan fingerprint density at radius 1 is 1.55 bits per heavy atom. The maximum atomic E-state index is 5.73. The van der Waals surface area contributed by atoms with Crippen LogP contribution in [0.25, 0.3) is 0 Å². The number of rotatable bonds is 4. The maximum Gasteiger partial charge on any atom is 0.0767 e. The van der Waals surface area contributed by atoms with Gasteiger partial charge in [-0.15, -0.1) is 11.6 Å². The monoisotopic (exact) mass is 195 g/mol. The van der Waals surface area contributed by atoms with Crippen LogP contribution >= 0.6 is 18.6 Å². The molecule has 0 saturated carbocycles. The molecule has 3 heteroatoms. The summed E-state index contributed by atoms with van der Waals surface area (Å²) in [5, 5.41) is 0. The summed E-state index contributed by atoms with van der Waals surface area (Å²) < 4.78 is 2.18. The molecule has 0 heterocycles. The van der Waals surface area contributed by atoms with Crippen LogP contribution in [0.2, 0.25) is 0 Å². The van der Waals surface area contributed by atoms with Crippen LogP contribution < -0.4 is 0 Å². The van der Waals surface area contributed by atoms with Crippen molar-refractivity contribution in [1.29, 1.82) is 0 Å². The van der Waals surface area contributed by atoms with Crippen LogP contribution in [0.3, 0.4) is 0 Å². The van der Waals surface area contributed by atoms with Gasteiger partial charge in [-0.1, -0.05) is 27.2 Å². The molecule has 0 spiro atoms. The highest BCUT2D eigenvalue weighted by Crippen LogP contribution is 2.45. The second kappa shape index (κ2) is 4.54. The van der Waals surface area contributed by atoms with Gasteiger partial charge in [-0.05, 0) is 25.8 Å². The van der Waals surface area contributed by atoms with Gasteiger partial charge in [0, 0.05) is 0 Å². The van der Waals surface area contributed by atoms with Gasteiger partial charge in [0.1, 0.15) is 0 Å². The molecule has 1 atom stereocenters. The Labute approximate surface area is 75.8 Å². The number of alkyl halides is 1. The Morgan fingerprint density at radius 2 is 2.00 bits per heavy atom. The summed E-state index contributed by atoms with van der Waals surface area (Å²) in [6, 6.07) is 0.598. The summed E-state index contributed by atoms with van der Waals surface area (Å²) >= 11 is 5.73. The molecule has 0 aliphatic carbocycles. The normalized spacial score (nSPS) is 17.4. The minimum Gasteiger partial charge on any atom is -0.273 e. The first-order chi connectivity index (χ1) is 4.90. The summed E-state index contributed by atoms with van der Waals surface area (Å²) in [6.07, 6.45) is 5.42. The van der Waals surface area contributed by atoms with Crippen molar-refractivity contribution in [3.8, 4) is 0 Å². The van der Waals surface area contributed by atoms with Gasteiger partial charge in [0.25, 0.3) is 0 Å². The summed E-state index contributed by atoms with van der Waals surface area (Å²) in [6.45, 7) is 6.69. The fourth-order valence-corrected chi connectivity index (χ4v) is 3.94. The number of nitrogens with zero attached hydrogens (tertiary/aromatic N) is 1. The molecular formula is C8H19ClNP. The van der Waals surface area contributed by atoms with E-state index in [1.165, 1.54) is 6.16 Å². The second-order valence-electron chi connectivity index (χ2n) is 3.69. The fraction of sp³-hybridized carbons (Fsp3) is 0.875. The van der Waals surface area contributed by atoms with Crippen molar-refractivity contribution >= 4 is 24.9 Å². The predicted molar refractivity (Wildman–Crippen MR) is 58.2 cm³/mol. The lowest BCUT2D eigenvalue weighted by atomic mass is 10.3. The van der Waals surface area contributed by atoms with E-state index in [2.05, 4.69) is 38.5 Å². The third-order valence-electron chi connectivity index (χ3n) is 1.76. The molecule has 68 valence electrons. The van der Waals surface area contributed by atoms with Crippen molar-refractivity contribution in [3.63, 3.8) is 0 Å². The van der Waals surface area contributed by atoms with Crippen LogP contribution in [0.5, 0.6) is 0 Å². The van der Waals surface area contributed by atoms with E-state index < -0.39 is 7.04 Å². The smallest absolute Gasteiger partial charge is 0.0767 e. The van der Waals surface area contributed by atoms with Crippen LogP contribution in [0.1, 0.15) is 13.8 Å². The van der Waals surface area contributed by atoms with Gasteiger partial charge >= 0.3 is 0 Å². The molecule has 0 saturated heterocycles. The third kappa shape index (κ3) is 4.20. The molecule has 0 aliphatic heterocycles. The van der Waals surface area contributed by atoms with E-state index >= 15 is 0 Å². The lowest BCUT2D eigenvalue weighted by molar-refractivity contribution is 0.627. The molecule has 0 N–H and O–H groups in total. The lowest BCUT2D eigenvalue weighted by Crippen LogP contribution is -2.16. The first-order valence-corrected chi connectivity index (χ1v) is 6.97. The predicted octanol–water partition coefficient (Wildman–Crippen LogP) is 2.76. The Morgan fingerprint density at radius 3 is 2.27 bits per heavy atom. The zero-order valence-corrected chi connectivity index (χ0v) is 9.62. The van der Waals surface area contributed by atoms with Crippen LogP contribution in [-0.4, -0.2) is 36.8 Å². The summed E-state index contributed by atoms with van der Waals surface area (Å²) in [5.41, 5.74) is 0. The SMILES string of the molecule is C=P(C)(CC(C)C)N(C)CCl. The summed E-state index contributed by atoms with van der Waals surface area (Å²) in [5.74, 6) is 0.719. The number of hydrogen-bond donors (Lipinski definition) is 0. The minimum atomic E-state index is -1.14. The van der Waals surface area contributed by atoms with Gasteiger partial charge in [-0.3, -0.25) is 4.67 Å². The molecule has 0 aromatic rings. The third-order valence-corrected chi connectivity index (χ3v) is 5.59. The van der Waals surface area contributed by atoms with Crippen molar-refractivity contribution in [3.05, 3.63) is 0 Å². The van der Waals surface area contributed by atoms with Gasteiger partial charge in [0.15, 0.2) is 0 Å². The van der Waals surface area contributed by atoms with Gasteiger partial charge in [-0.25, -0.2) is 0 Å². The molecule has 11 heavy (non-hydrogen) atoms. The standard InChI is InChI=1S/C8H19ClNP/c1-8(2)6-11(4,5)10(3)7-9/h8H,4,6-7H2,1-3,5H3. The fourth-order valence-electron chi connectivity index (χ4n) is 1.06. The molecule has 0 rings (SSSR count). The lowest BCUT2D eigenvalue weighted by Gasteiger charge is -2.30. The Hall–Kier alpha value is 0.550. The van der Waals surface area contributed by atoms with Crippen LogP contribution in [-0.2, 0) is 0 Å². The molecule has 0 fully saturated rings. The van der Waals surface area contributed by atoms with E-state index in [4.69, 9.17) is 11.6 Å². The first-order valence-electron chi connectivity index (χ1n) is 3.87. The van der Waals surface area contributed by atoms with E-state index in [1.54, 1.807) is 0 Å². The Kier molecular flexibility index (Phi) is 4.77. The molecule has 0 amide bonds. The molecule has 1 unspecified atom stereocenters. The van der Waals surface area contributed by atoms with Gasteiger partial charge < -0.3 is 0 Å². The van der Waals surface area contributed by atoms with Gasteiger partial charge in [0.05, 0.1) is 6.00 Å². The molecular weight excluding hydrogens is 177 g/mol. The minimum absolute atomic E-state index is 0.598. The van der Waals surface area contributed by atoms with Crippen molar-refractivity contribution in [2.45, 2.75) is 13.8 Å². The van der Waals surface area contributed by atoms with E-state index in [0.29, 0.717) is 6.00 Å². The van der Waals surface area contributed by atoms with E-state index in [9.17, 15) is 0 Å².